The molecule has 1 aliphatic rings. The summed E-state index contributed by atoms with van der Waals surface area (Å²) in [4.78, 5) is 39.1. The van der Waals surface area contributed by atoms with E-state index in [0.717, 1.165) is 12.1 Å². The number of aliphatic carboxylic acids is 1. The first-order valence-corrected chi connectivity index (χ1v) is 15.6. The number of rotatable bonds is 9. The average molecular weight is 673 g/mol. The lowest BCUT2D eigenvalue weighted by atomic mass is 9.74. The molecule has 0 aliphatic heterocycles. The normalized spacial score (nSPS) is 19.7. The maximum atomic E-state index is 14.4. The highest BCUT2D eigenvalue weighted by Gasteiger charge is 2.45. The molecule has 0 unspecified atom stereocenters. The van der Waals surface area contributed by atoms with Crippen molar-refractivity contribution in [1.29, 1.82) is 0 Å². The minimum Gasteiger partial charge on any atom is -0.481 e. The smallest absolute Gasteiger partial charge is 0.433 e. The molecular formula is C27H31Cl2F4N3O6S. The lowest BCUT2D eigenvalue weighted by Crippen LogP contribution is -2.42. The first kappa shape index (κ1) is 34.8. The monoisotopic (exact) mass is 671 g/mol. The molecule has 9 nitrogen and oxygen atoms in total. The molecule has 3 rings (SSSR count). The van der Waals surface area contributed by atoms with Crippen LogP contribution in [-0.4, -0.2) is 69.5 Å². The van der Waals surface area contributed by atoms with Crippen LogP contribution in [0.2, 0.25) is 10.0 Å². The Morgan fingerprint density at radius 2 is 1.65 bits per heavy atom. The quantitative estimate of drug-likeness (QED) is 0.252. The summed E-state index contributed by atoms with van der Waals surface area (Å²) in [5.74, 6) is -4.89. The van der Waals surface area contributed by atoms with Gasteiger partial charge >= 0.3 is 12.1 Å². The summed E-state index contributed by atoms with van der Waals surface area (Å²) < 4.78 is 82.0. The number of amides is 1. The number of nitrogens with zero attached hydrogens (tertiary/aromatic N) is 3. The summed E-state index contributed by atoms with van der Waals surface area (Å²) in [7, 11) is -3.90. The van der Waals surface area contributed by atoms with Crippen LogP contribution in [0.1, 0.15) is 85.8 Å². The first-order chi connectivity index (χ1) is 19.6. The second kappa shape index (κ2) is 12.4. The van der Waals surface area contributed by atoms with E-state index in [1.165, 1.54) is 27.7 Å². The van der Waals surface area contributed by atoms with Crippen LogP contribution in [-0.2, 0) is 20.8 Å². The molecule has 1 aromatic carbocycles. The highest BCUT2D eigenvalue weighted by atomic mass is 35.5. The Labute approximate surface area is 256 Å². The average Bonchev–Trinajstić information content (AvgIpc) is 3.31. The number of Topliss-reactive ketones (excluding diaryl/α,β-unsaturated/α-hetero) is 1. The van der Waals surface area contributed by atoms with Crippen molar-refractivity contribution in [2.45, 2.75) is 70.3 Å². The molecule has 43 heavy (non-hydrogen) atoms. The standard InChI is InChI=1S/C27H31Cl2F4N3O6S/c1-25(2,3)43(41,42)10-9-35(14-20(37)21-18(28)11-15(30)12-19(21)29)23(38)17-13-34-36(22(17)27(31,32)33)16-5-7-26(4,8-6-16)24(39)40/h11-13,16H,5-10,14H2,1-4H3,(H,39,40)/t16-,26-. The number of carbonyl (C=O) groups excluding carboxylic acids is 2. The molecule has 1 amide bonds. The zero-order valence-electron chi connectivity index (χ0n) is 23.8. The molecule has 0 radical (unpaired) electrons. The number of halogens is 6. The Balaban J connectivity index is 2.03. The number of carboxylic acids is 1. The fourth-order valence-electron chi connectivity index (χ4n) is 4.80. The van der Waals surface area contributed by atoms with Crippen LogP contribution in [0.5, 0.6) is 0 Å². The second-order valence-corrected chi connectivity index (χ2v) is 15.4. The molecule has 1 saturated carbocycles. The lowest BCUT2D eigenvalue weighted by Gasteiger charge is -2.34. The molecule has 238 valence electrons. The molecule has 0 spiro atoms. The van der Waals surface area contributed by atoms with Crippen LogP contribution < -0.4 is 0 Å². The molecule has 1 fully saturated rings. The van der Waals surface area contributed by atoms with Crippen LogP contribution in [0.4, 0.5) is 17.6 Å². The lowest BCUT2D eigenvalue weighted by molar-refractivity contribution is -0.152. The van der Waals surface area contributed by atoms with Gasteiger partial charge in [-0.3, -0.25) is 19.1 Å². The van der Waals surface area contributed by atoms with E-state index in [0.29, 0.717) is 15.8 Å². The topological polar surface area (TPSA) is 127 Å². The maximum Gasteiger partial charge on any atom is 0.433 e. The van der Waals surface area contributed by atoms with Crippen molar-refractivity contribution in [2.24, 2.45) is 5.41 Å². The van der Waals surface area contributed by atoms with Gasteiger partial charge in [-0.25, -0.2) is 12.8 Å². The van der Waals surface area contributed by atoms with Gasteiger partial charge < -0.3 is 10.0 Å². The molecule has 1 heterocycles. The van der Waals surface area contributed by atoms with Gasteiger partial charge in [0.2, 0.25) is 0 Å². The third kappa shape index (κ3) is 7.51. The number of hydrogen-bond acceptors (Lipinski definition) is 6. The molecule has 1 aliphatic carbocycles. The van der Waals surface area contributed by atoms with Crippen molar-refractivity contribution in [3.63, 3.8) is 0 Å². The Morgan fingerprint density at radius 1 is 1.12 bits per heavy atom. The van der Waals surface area contributed by atoms with Gasteiger partial charge in [0.1, 0.15) is 5.82 Å². The van der Waals surface area contributed by atoms with Crippen molar-refractivity contribution in [3.8, 4) is 0 Å². The van der Waals surface area contributed by atoms with Gasteiger partial charge in [-0.1, -0.05) is 23.2 Å². The minimum absolute atomic E-state index is 0.0504. The maximum absolute atomic E-state index is 14.4. The number of carbonyl (C=O) groups is 3. The number of alkyl halides is 3. The van der Waals surface area contributed by atoms with Gasteiger partial charge in [0.25, 0.3) is 5.91 Å². The predicted molar refractivity (Wildman–Crippen MR) is 151 cm³/mol. The zero-order valence-corrected chi connectivity index (χ0v) is 26.1. The van der Waals surface area contributed by atoms with E-state index in [1.807, 2.05) is 0 Å². The van der Waals surface area contributed by atoms with E-state index < -0.39 is 101 Å². The summed E-state index contributed by atoms with van der Waals surface area (Å²) in [6, 6.07) is 0.725. The minimum atomic E-state index is -5.09. The number of ketones is 1. The van der Waals surface area contributed by atoms with E-state index in [4.69, 9.17) is 23.2 Å². The highest BCUT2D eigenvalue weighted by Crippen LogP contribution is 2.43. The first-order valence-electron chi connectivity index (χ1n) is 13.2. The number of benzene rings is 1. The number of carboxylic acid groups (broad SMARTS) is 1. The van der Waals surface area contributed by atoms with Gasteiger partial charge in [-0.2, -0.15) is 18.3 Å². The van der Waals surface area contributed by atoms with Crippen molar-refractivity contribution < 1.29 is 45.5 Å². The molecular weight excluding hydrogens is 641 g/mol. The van der Waals surface area contributed by atoms with E-state index in [2.05, 4.69) is 5.10 Å². The Kier molecular flexibility index (Phi) is 9.99. The highest BCUT2D eigenvalue weighted by molar-refractivity contribution is 7.92. The second-order valence-electron chi connectivity index (χ2n) is 11.8. The fraction of sp³-hybridized carbons (Fsp3) is 0.556. The van der Waals surface area contributed by atoms with Crippen LogP contribution in [0.25, 0.3) is 0 Å². The molecule has 1 N–H and O–H groups in total. The summed E-state index contributed by atoms with van der Waals surface area (Å²) in [6.07, 6.45) is -4.13. The zero-order chi connectivity index (χ0) is 32.7. The molecule has 1 aromatic heterocycles. The molecule has 0 bridgehead atoms. The third-order valence-corrected chi connectivity index (χ3v) is 10.9. The van der Waals surface area contributed by atoms with E-state index >= 15 is 0 Å². The number of hydrogen-bond donors (Lipinski definition) is 1. The van der Waals surface area contributed by atoms with Gasteiger partial charge in [-0.05, 0) is 65.5 Å². The van der Waals surface area contributed by atoms with Crippen LogP contribution >= 0.6 is 23.2 Å². The fourth-order valence-corrected chi connectivity index (χ4v) is 6.54. The Hall–Kier alpha value is -2.71. The van der Waals surface area contributed by atoms with Crippen LogP contribution in [0.15, 0.2) is 18.3 Å². The van der Waals surface area contributed by atoms with Crippen molar-refractivity contribution >= 4 is 50.7 Å². The van der Waals surface area contributed by atoms with Gasteiger partial charge in [0, 0.05) is 6.54 Å². The number of sulfone groups is 1. The SMILES string of the molecule is CC(C)(C)S(=O)(=O)CCN(CC(=O)c1c(Cl)cc(F)cc1Cl)C(=O)c1cnn([C@H]2CC[C@](C)(C(=O)O)CC2)c1C(F)(F)F. The Bertz CT molecular complexity index is 1500. The van der Waals surface area contributed by atoms with Gasteiger partial charge in [-0.15, -0.1) is 0 Å². The molecule has 2 aromatic rings. The molecule has 0 saturated heterocycles. The Morgan fingerprint density at radius 3 is 2.12 bits per heavy atom. The molecule has 0 atom stereocenters. The van der Waals surface area contributed by atoms with E-state index in [-0.39, 0.29) is 25.7 Å². The van der Waals surface area contributed by atoms with Gasteiger partial charge in [0.15, 0.2) is 21.3 Å². The predicted octanol–water partition coefficient (Wildman–Crippen LogP) is 6.09. The van der Waals surface area contributed by atoms with Crippen molar-refractivity contribution in [3.05, 3.63) is 51.0 Å². The molecule has 16 heteroatoms. The summed E-state index contributed by atoms with van der Waals surface area (Å²) >= 11 is 12.0. The van der Waals surface area contributed by atoms with Gasteiger partial charge in [0.05, 0.1) is 55.9 Å². The summed E-state index contributed by atoms with van der Waals surface area (Å²) in [6.45, 7) is 4.14. The van der Waals surface area contributed by atoms with Crippen LogP contribution in [0, 0.1) is 11.2 Å². The van der Waals surface area contributed by atoms with Crippen molar-refractivity contribution in [1.82, 2.24) is 14.7 Å². The third-order valence-electron chi connectivity index (χ3n) is 7.69. The largest absolute Gasteiger partial charge is 0.481 e. The summed E-state index contributed by atoms with van der Waals surface area (Å²) in [5, 5.41) is 12.5. The van der Waals surface area contributed by atoms with E-state index in [9.17, 15) is 45.5 Å². The van der Waals surface area contributed by atoms with E-state index in [1.54, 1.807) is 0 Å². The van der Waals surface area contributed by atoms with Crippen molar-refractivity contribution in [2.75, 3.05) is 18.8 Å². The van der Waals surface area contributed by atoms with Crippen LogP contribution in [0.3, 0.4) is 0 Å². The number of aromatic nitrogens is 2. The summed E-state index contributed by atoms with van der Waals surface area (Å²) in [5.41, 5.74) is -3.83.